The van der Waals surface area contributed by atoms with E-state index in [1.165, 1.54) is 6.42 Å². The summed E-state index contributed by atoms with van der Waals surface area (Å²) in [6.07, 6.45) is 7.37. The summed E-state index contributed by atoms with van der Waals surface area (Å²) >= 11 is 0. The van der Waals surface area contributed by atoms with E-state index < -0.39 is 12.1 Å². The number of nitrogens with one attached hydrogen (secondary N) is 3. The van der Waals surface area contributed by atoms with E-state index in [2.05, 4.69) is 21.1 Å². The average molecular weight is 671 g/mol. The number of rotatable bonds is 7. The van der Waals surface area contributed by atoms with Gasteiger partial charge in [-0.05, 0) is 78.0 Å². The van der Waals surface area contributed by atoms with Crippen LogP contribution < -0.4 is 20.7 Å². The van der Waals surface area contributed by atoms with Crippen molar-refractivity contribution in [3.8, 4) is 5.75 Å². The maximum Gasteiger partial charge on any atom is 0.323 e. The zero-order valence-corrected chi connectivity index (χ0v) is 29.3. The van der Waals surface area contributed by atoms with E-state index >= 15 is 0 Å². The van der Waals surface area contributed by atoms with Gasteiger partial charge in [-0.2, -0.15) is 0 Å². The van der Waals surface area contributed by atoms with Gasteiger partial charge in [0.2, 0.25) is 0 Å². The number of benzene rings is 1. The van der Waals surface area contributed by atoms with Crippen molar-refractivity contribution in [3.63, 3.8) is 0 Å². The van der Waals surface area contributed by atoms with Crippen molar-refractivity contribution in [2.75, 3.05) is 44.0 Å². The SMILES string of the molecule is Cc1noc(C)c1NC(=O)Nc1ccc2c(c1)C(=O)N([C@H](C)CO)C[C@H](C)[C@H](CN(C)C(=O)NC1CCCCC1)OCCCC[C@@H](C)O2. The van der Waals surface area contributed by atoms with Crippen molar-refractivity contribution in [1.29, 1.82) is 0 Å². The van der Waals surface area contributed by atoms with Gasteiger partial charge in [-0.1, -0.05) is 31.3 Å². The van der Waals surface area contributed by atoms with Crippen molar-refractivity contribution in [2.24, 2.45) is 5.92 Å². The Morgan fingerprint density at radius 1 is 1.08 bits per heavy atom. The Hall–Kier alpha value is -3.84. The first kappa shape index (κ1) is 37.0. The van der Waals surface area contributed by atoms with E-state index in [4.69, 9.17) is 14.0 Å². The van der Waals surface area contributed by atoms with Crippen LogP contribution in [0.1, 0.15) is 93.9 Å². The molecule has 2 aromatic rings. The highest BCUT2D eigenvalue weighted by atomic mass is 16.5. The standard InChI is InChI=1S/C35H54N6O7/c1-22-19-41(23(2)21-42)33(43)29-18-28(36-34(44)38-32-25(4)39-48-26(32)5)15-16-30(29)47-24(3)12-10-11-17-46-31(22)20-40(6)35(45)37-27-13-8-7-9-14-27/h15-16,18,22-24,27,31,42H,7-14,17,19-21H2,1-6H3,(H,37,45)(H2,36,38,44)/t22-,23+,24+,31-/m0/s1. The highest BCUT2D eigenvalue weighted by molar-refractivity contribution is 6.03. The van der Waals surface area contributed by atoms with Crippen LogP contribution in [0.5, 0.6) is 5.75 Å². The summed E-state index contributed by atoms with van der Waals surface area (Å²) in [5.41, 5.74) is 1.68. The number of aliphatic hydroxyl groups excluding tert-OH is 1. The Kier molecular flexibility index (Phi) is 13.5. The lowest BCUT2D eigenvalue weighted by atomic mass is 9.96. The first-order chi connectivity index (χ1) is 23.0. The number of aryl methyl sites for hydroxylation is 2. The Morgan fingerprint density at radius 2 is 1.81 bits per heavy atom. The molecule has 1 aromatic carbocycles. The van der Waals surface area contributed by atoms with Crippen LogP contribution in [0.3, 0.4) is 0 Å². The van der Waals surface area contributed by atoms with Crippen LogP contribution in [0.25, 0.3) is 0 Å². The zero-order valence-electron chi connectivity index (χ0n) is 29.3. The fraction of sp³-hybridized carbons (Fsp3) is 0.657. The van der Waals surface area contributed by atoms with E-state index in [1.54, 1.807) is 55.8 Å². The molecule has 1 aliphatic carbocycles. The quantitative estimate of drug-likeness (QED) is 0.292. The number of hydrogen-bond donors (Lipinski definition) is 4. The van der Waals surface area contributed by atoms with Crippen molar-refractivity contribution in [1.82, 2.24) is 20.3 Å². The Bertz CT molecular complexity index is 1360. The molecule has 5 amide bonds. The molecule has 2 heterocycles. The van der Waals surface area contributed by atoms with Gasteiger partial charge in [0, 0.05) is 44.4 Å². The highest BCUT2D eigenvalue weighted by Gasteiger charge is 2.31. The molecule has 0 unspecified atom stereocenters. The summed E-state index contributed by atoms with van der Waals surface area (Å²) in [5.74, 6) is 0.349. The first-order valence-corrected chi connectivity index (χ1v) is 17.3. The number of aromatic nitrogens is 1. The van der Waals surface area contributed by atoms with E-state index in [0.717, 1.165) is 44.9 Å². The fourth-order valence-corrected chi connectivity index (χ4v) is 6.28. The third kappa shape index (κ3) is 10.1. The monoisotopic (exact) mass is 670 g/mol. The number of fused-ring (bicyclic) bond motifs is 1. The molecule has 0 radical (unpaired) electrons. The minimum atomic E-state index is -0.523. The third-order valence-electron chi connectivity index (χ3n) is 9.31. The zero-order chi connectivity index (χ0) is 34.8. The number of aliphatic hydroxyl groups is 1. The van der Waals surface area contributed by atoms with Crippen LogP contribution in [-0.4, -0.2) is 95.7 Å². The van der Waals surface area contributed by atoms with Gasteiger partial charge in [-0.25, -0.2) is 9.59 Å². The number of hydrogen-bond acceptors (Lipinski definition) is 8. The average Bonchev–Trinajstić information content (AvgIpc) is 3.38. The summed E-state index contributed by atoms with van der Waals surface area (Å²) in [5, 5.41) is 22.8. The minimum Gasteiger partial charge on any atom is -0.490 e. The Morgan fingerprint density at radius 3 is 2.50 bits per heavy atom. The molecule has 1 saturated carbocycles. The van der Waals surface area contributed by atoms with Crippen molar-refractivity contribution in [2.45, 2.75) is 110 Å². The van der Waals surface area contributed by atoms with Crippen LogP contribution in [0.2, 0.25) is 0 Å². The maximum absolute atomic E-state index is 14.4. The summed E-state index contributed by atoms with van der Waals surface area (Å²) in [6, 6.07) is 4.02. The summed E-state index contributed by atoms with van der Waals surface area (Å²) in [7, 11) is 1.78. The normalized spacial score (nSPS) is 22.1. The van der Waals surface area contributed by atoms with Crippen LogP contribution in [0, 0.1) is 19.8 Å². The topological polar surface area (TPSA) is 158 Å². The summed E-state index contributed by atoms with van der Waals surface area (Å²) in [6.45, 7) is 10.1. The van der Waals surface area contributed by atoms with E-state index in [-0.39, 0.29) is 54.8 Å². The molecule has 13 nitrogen and oxygen atoms in total. The number of carbonyl (C=O) groups excluding carboxylic acids is 3. The summed E-state index contributed by atoms with van der Waals surface area (Å²) < 4.78 is 17.8. The number of likely N-dealkylation sites (N-methyl/N-ethyl adjacent to an activating group) is 1. The number of carbonyl (C=O) groups is 3. The molecule has 2 aliphatic rings. The fourth-order valence-electron chi connectivity index (χ4n) is 6.28. The van der Waals surface area contributed by atoms with Crippen LogP contribution in [0.4, 0.5) is 21.0 Å². The lowest BCUT2D eigenvalue weighted by Crippen LogP contribution is -2.50. The molecule has 1 fully saturated rings. The van der Waals surface area contributed by atoms with Gasteiger partial charge in [0.1, 0.15) is 17.1 Å². The van der Waals surface area contributed by atoms with Crippen LogP contribution >= 0.6 is 0 Å². The second kappa shape index (κ2) is 17.5. The van der Waals surface area contributed by atoms with Crippen molar-refractivity contribution >= 4 is 29.3 Å². The van der Waals surface area contributed by atoms with Crippen LogP contribution in [-0.2, 0) is 4.74 Å². The molecule has 266 valence electrons. The smallest absolute Gasteiger partial charge is 0.323 e. The van der Waals surface area contributed by atoms with Gasteiger partial charge >= 0.3 is 12.1 Å². The lowest BCUT2D eigenvalue weighted by Gasteiger charge is -2.36. The van der Waals surface area contributed by atoms with Crippen molar-refractivity contribution < 1.29 is 33.5 Å². The summed E-state index contributed by atoms with van der Waals surface area (Å²) in [4.78, 5) is 43.7. The number of urea groups is 2. The van der Waals surface area contributed by atoms with E-state index in [9.17, 15) is 19.5 Å². The number of nitrogens with zero attached hydrogens (tertiary/aromatic N) is 3. The Balaban J connectivity index is 1.57. The molecule has 1 aromatic heterocycles. The van der Waals surface area contributed by atoms with Gasteiger partial charge in [-0.15, -0.1) is 0 Å². The largest absolute Gasteiger partial charge is 0.490 e. The van der Waals surface area contributed by atoms with E-state index in [0.29, 0.717) is 41.7 Å². The molecule has 48 heavy (non-hydrogen) atoms. The molecule has 0 bridgehead atoms. The molecular formula is C35H54N6O7. The minimum absolute atomic E-state index is 0.118. The van der Waals surface area contributed by atoms with Gasteiger partial charge in [0.25, 0.3) is 5.91 Å². The molecule has 1 aliphatic heterocycles. The third-order valence-corrected chi connectivity index (χ3v) is 9.31. The number of amides is 5. The number of anilines is 2. The molecule has 4 atom stereocenters. The predicted octanol–water partition coefficient (Wildman–Crippen LogP) is 5.71. The maximum atomic E-state index is 14.4. The molecule has 0 saturated heterocycles. The second-order valence-electron chi connectivity index (χ2n) is 13.5. The van der Waals surface area contributed by atoms with Gasteiger partial charge in [0.15, 0.2) is 5.76 Å². The van der Waals surface area contributed by atoms with Crippen molar-refractivity contribution in [3.05, 3.63) is 35.2 Å². The number of ether oxygens (including phenoxy) is 2. The predicted molar refractivity (Wildman–Crippen MR) is 184 cm³/mol. The van der Waals surface area contributed by atoms with Gasteiger partial charge in [0.05, 0.1) is 30.4 Å². The highest BCUT2D eigenvalue weighted by Crippen LogP contribution is 2.29. The van der Waals surface area contributed by atoms with Gasteiger partial charge < -0.3 is 44.9 Å². The molecular weight excluding hydrogens is 616 g/mol. The Labute approximate surface area is 284 Å². The lowest BCUT2D eigenvalue weighted by molar-refractivity contribution is -0.0123. The molecule has 4 N–H and O–H groups in total. The molecule has 0 spiro atoms. The second-order valence-corrected chi connectivity index (χ2v) is 13.5. The molecule has 4 rings (SSSR count). The first-order valence-electron chi connectivity index (χ1n) is 17.3. The van der Waals surface area contributed by atoms with Crippen LogP contribution in [0.15, 0.2) is 22.7 Å². The molecule has 13 heteroatoms. The van der Waals surface area contributed by atoms with Gasteiger partial charge in [-0.3, -0.25) is 4.79 Å². The van der Waals surface area contributed by atoms with E-state index in [1.807, 2.05) is 13.8 Å².